The van der Waals surface area contributed by atoms with E-state index in [0.717, 1.165) is 0 Å². The molecule has 0 bridgehead atoms. The molecule has 0 fully saturated rings. The Morgan fingerprint density at radius 3 is 2.38 bits per heavy atom. The first-order valence-corrected chi connectivity index (χ1v) is 5.64. The van der Waals surface area contributed by atoms with Gasteiger partial charge in [0.05, 0.1) is 0 Å². The summed E-state index contributed by atoms with van der Waals surface area (Å²) in [4.78, 5) is 0. The molecule has 0 aliphatic rings. The van der Waals surface area contributed by atoms with Gasteiger partial charge in [-0.15, -0.1) is 0 Å². The fourth-order valence-electron chi connectivity index (χ4n) is 0.213. The molecule has 0 aromatic heterocycles. The summed E-state index contributed by atoms with van der Waals surface area (Å²) in [6, 6.07) is 0. The molecule has 3 nitrogen and oxygen atoms in total. The molecule has 1 radical (unpaired) electrons. The van der Waals surface area contributed by atoms with Crippen LogP contribution in [0.1, 0.15) is 13.8 Å². The summed E-state index contributed by atoms with van der Waals surface area (Å²) in [5.74, 6) is 0.350. The number of hydrogen-bond donors (Lipinski definition) is 1. The van der Waals surface area contributed by atoms with Gasteiger partial charge in [-0.2, -0.15) is 0 Å². The Balaban J connectivity index is 3.05. The van der Waals surface area contributed by atoms with Gasteiger partial charge in [-0.25, -0.2) is 0 Å². The van der Waals surface area contributed by atoms with E-state index in [1.807, 2.05) is 13.8 Å². The predicted molar refractivity (Wildman–Crippen MR) is 29.4 cm³/mol. The second kappa shape index (κ2) is 4.42. The summed E-state index contributed by atoms with van der Waals surface area (Å²) in [6.07, 6.45) is 0. The van der Waals surface area contributed by atoms with Crippen LogP contribution >= 0.6 is 0 Å². The molecule has 49 valence electrons. The molecule has 0 amide bonds. The quantitative estimate of drug-likeness (QED) is 0.695. The Hall–Kier alpha value is 0.538. The molecule has 1 N–H and O–H groups in total. The first-order chi connectivity index (χ1) is 3.63. The van der Waals surface area contributed by atoms with E-state index in [9.17, 15) is 3.02 Å². The van der Waals surface area contributed by atoms with Crippen molar-refractivity contribution >= 4 is 21.0 Å². The van der Waals surface area contributed by atoms with Crippen LogP contribution in [0.4, 0.5) is 0 Å². The first kappa shape index (κ1) is 8.54. The van der Waals surface area contributed by atoms with Crippen molar-refractivity contribution in [2.75, 3.05) is 6.61 Å². The summed E-state index contributed by atoms with van der Waals surface area (Å²) in [5.41, 5.74) is 0. The van der Waals surface area contributed by atoms with Crippen LogP contribution in [-0.4, -0.2) is 31.0 Å². The maximum absolute atomic E-state index is 9.95. The average Bonchev–Trinajstić information content (AvgIpc) is 1.61. The minimum atomic E-state index is -3.33. The number of rotatable bonds is 3. The van der Waals surface area contributed by atoms with E-state index in [0.29, 0.717) is 12.5 Å². The molecule has 0 aliphatic heterocycles. The van der Waals surface area contributed by atoms with Crippen molar-refractivity contribution in [2.24, 2.45) is 5.92 Å². The second-order valence-corrected chi connectivity index (χ2v) is 4.02. The van der Waals surface area contributed by atoms with E-state index >= 15 is 0 Å². The van der Waals surface area contributed by atoms with Crippen LogP contribution in [0.3, 0.4) is 0 Å². The van der Waals surface area contributed by atoms with Crippen LogP contribution in [0.25, 0.3) is 0 Å². The summed E-state index contributed by atoms with van der Waals surface area (Å²) < 4.78 is 22.6. The molecule has 0 rings (SSSR count). The van der Waals surface area contributed by atoms with E-state index in [4.69, 9.17) is 3.39 Å². The first-order valence-electron chi connectivity index (χ1n) is 2.42. The molecule has 0 aromatic rings. The van der Waals surface area contributed by atoms with Gasteiger partial charge in [0.15, 0.2) is 0 Å². The van der Waals surface area contributed by atoms with Crippen LogP contribution in [-0.2, 0) is 6.03 Å². The van der Waals surface area contributed by atoms with E-state index in [1.165, 1.54) is 0 Å². The van der Waals surface area contributed by atoms with Gasteiger partial charge in [-0.05, 0) is 0 Å². The monoisotopic (exact) mass is 227 g/mol. The molecule has 0 atom stereocenters. The molecule has 4 heteroatoms. The SMILES string of the molecule is CC(C)C[O][Sb](=[O])[OH]. The van der Waals surface area contributed by atoms with Gasteiger partial charge >= 0.3 is 56.8 Å². The molecule has 8 heavy (non-hydrogen) atoms. The molecule has 0 saturated carbocycles. The molecule has 0 aromatic carbocycles. The van der Waals surface area contributed by atoms with Gasteiger partial charge in [0.1, 0.15) is 0 Å². The fourth-order valence-corrected chi connectivity index (χ4v) is 1.43. The van der Waals surface area contributed by atoms with Crippen LogP contribution < -0.4 is 0 Å². The average molecular weight is 228 g/mol. The zero-order valence-corrected chi connectivity index (χ0v) is 7.55. The maximum atomic E-state index is 9.95. The second-order valence-electron chi connectivity index (χ2n) is 1.93. The van der Waals surface area contributed by atoms with Crippen LogP contribution in [0.2, 0.25) is 0 Å². The van der Waals surface area contributed by atoms with Crippen LogP contribution in [0, 0.1) is 5.92 Å². The van der Waals surface area contributed by atoms with E-state index in [1.54, 1.807) is 0 Å². The van der Waals surface area contributed by atoms with Crippen molar-refractivity contribution in [1.82, 2.24) is 0 Å². The van der Waals surface area contributed by atoms with Crippen molar-refractivity contribution in [3.8, 4) is 0 Å². The van der Waals surface area contributed by atoms with Gasteiger partial charge in [0.2, 0.25) is 0 Å². The van der Waals surface area contributed by atoms with Crippen molar-refractivity contribution in [2.45, 2.75) is 13.8 Å². The van der Waals surface area contributed by atoms with Gasteiger partial charge in [-0.3, -0.25) is 0 Å². The predicted octanol–water partition coefficient (Wildman–Crippen LogP) is 0.0667. The molecular weight excluding hydrogens is 218 g/mol. The molecule has 0 heterocycles. The van der Waals surface area contributed by atoms with Crippen molar-refractivity contribution < 1.29 is 9.42 Å². The van der Waals surface area contributed by atoms with Crippen LogP contribution in [0.5, 0.6) is 0 Å². The minimum absolute atomic E-state index is 0.350. The summed E-state index contributed by atoms with van der Waals surface area (Å²) >= 11 is -3.33. The third-order valence-electron chi connectivity index (χ3n) is 0.518. The van der Waals surface area contributed by atoms with E-state index in [2.05, 4.69) is 3.02 Å². The third-order valence-corrected chi connectivity index (χ3v) is 1.57. The van der Waals surface area contributed by atoms with Gasteiger partial charge in [-0.1, -0.05) is 0 Å². The Morgan fingerprint density at radius 1 is 1.75 bits per heavy atom. The molecule has 0 spiro atoms. The Bertz CT molecular complexity index is 81.4. The van der Waals surface area contributed by atoms with E-state index < -0.39 is 21.0 Å². The van der Waals surface area contributed by atoms with Crippen molar-refractivity contribution in [3.05, 3.63) is 0 Å². The van der Waals surface area contributed by atoms with Gasteiger partial charge in [0, 0.05) is 0 Å². The molecular formula is C4H10O3Sb. The topological polar surface area (TPSA) is 46.5 Å². The fraction of sp³-hybridized carbons (Fsp3) is 1.00. The van der Waals surface area contributed by atoms with Crippen molar-refractivity contribution in [1.29, 1.82) is 0 Å². The van der Waals surface area contributed by atoms with Crippen molar-refractivity contribution in [3.63, 3.8) is 0 Å². The van der Waals surface area contributed by atoms with E-state index in [-0.39, 0.29) is 0 Å². The zero-order valence-electron chi connectivity index (χ0n) is 5.00. The van der Waals surface area contributed by atoms with Crippen LogP contribution in [0.15, 0.2) is 0 Å². The standard InChI is InChI=1S/C4H9O.H2O.O.Sb/c1-4(2)3-5;;;/h4H,3H2,1-2H3;1H2;;/q-1;;;+2/p-1. The molecule has 0 saturated heterocycles. The Morgan fingerprint density at radius 2 is 2.25 bits per heavy atom. The molecule has 0 aliphatic carbocycles. The normalized spacial score (nSPS) is 10.0. The van der Waals surface area contributed by atoms with Gasteiger partial charge in [0.25, 0.3) is 0 Å². The summed E-state index contributed by atoms with van der Waals surface area (Å²) in [7, 11) is 0. The molecule has 0 unspecified atom stereocenters. The third kappa shape index (κ3) is 6.54. The Kier molecular flexibility index (Phi) is 4.72. The zero-order chi connectivity index (χ0) is 6.57. The van der Waals surface area contributed by atoms with Gasteiger partial charge < -0.3 is 0 Å². The number of hydrogen-bond acceptors (Lipinski definition) is 2. The summed E-state index contributed by atoms with van der Waals surface area (Å²) in [6.45, 7) is 4.27. The Labute approximate surface area is 57.1 Å². The summed E-state index contributed by atoms with van der Waals surface area (Å²) in [5, 5.41) is 0.